The van der Waals surface area contributed by atoms with Gasteiger partial charge in [0, 0.05) is 0 Å². The second-order valence-corrected chi connectivity index (χ2v) is 5.09. The smallest absolute Gasteiger partial charge is 0.137 e. The summed E-state index contributed by atoms with van der Waals surface area (Å²) in [6, 6.07) is 11.4. The minimum atomic E-state index is 0.660. The number of rotatable bonds is 2. The third-order valence-corrected chi connectivity index (χ3v) is 3.24. The Morgan fingerprint density at radius 2 is 1.05 bits per heavy atom. The number of ether oxygens (including phenoxy) is 2. The fourth-order valence-corrected chi connectivity index (χ4v) is 1.92. The van der Waals surface area contributed by atoms with Gasteiger partial charge in [-0.15, -0.1) is 13.2 Å². The number of methoxy groups -OCH3 is 2. The molecule has 22 heavy (non-hydrogen) atoms. The fourth-order valence-electron chi connectivity index (χ4n) is 1.53. The van der Waals surface area contributed by atoms with Gasteiger partial charge in [-0.1, -0.05) is 35.3 Å². The van der Waals surface area contributed by atoms with E-state index in [2.05, 4.69) is 13.2 Å². The maximum atomic E-state index is 5.77. The SMILES string of the molecule is C=C.COc1cc(C)ccc1Cl.COc1cc(C)ccc1Cl. The van der Waals surface area contributed by atoms with E-state index in [1.165, 1.54) is 0 Å². The molecule has 0 fully saturated rings. The number of hydrogen-bond donors (Lipinski definition) is 0. The molecule has 0 atom stereocenters. The normalized spacial score (nSPS) is 8.82. The lowest BCUT2D eigenvalue weighted by Gasteiger charge is -2.01. The van der Waals surface area contributed by atoms with Crippen LogP contribution in [-0.2, 0) is 0 Å². The van der Waals surface area contributed by atoms with Gasteiger partial charge in [-0.05, 0) is 49.2 Å². The molecule has 0 spiro atoms. The Morgan fingerprint density at radius 3 is 1.27 bits per heavy atom. The van der Waals surface area contributed by atoms with Gasteiger partial charge >= 0.3 is 0 Å². The predicted octanol–water partition coefficient (Wildman–Crippen LogP) is 6.12. The lowest BCUT2D eigenvalue weighted by Crippen LogP contribution is -1.83. The first kappa shape index (κ1) is 20.4. The molecule has 0 N–H and O–H groups in total. The largest absolute Gasteiger partial charge is 0.495 e. The lowest BCUT2D eigenvalue weighted by atomic mass is 10.2. The first-order valence-corrected chi connectivity index (χ1v) is 7.33. The highest BCUT2D eigenvalue weighted by molar-refractivity contribution is 6.32. The fraction of sp³-hybridized carbons (Fsp3) is 0.222. The topological polar surface area (TPSA) is 18.5 Å². The summed E-state index contributed by atoms with van der Waals surface area (Å²) in [6.07, 6.45) is 0. The summed E-state index contributed by atoms with van der Waals surface area (Å²) in [4.78, 5) is 0. The van der Waals surface area contributed by atoms with Gasteiger partial charge in [0.25, 0.3) is 0 Å². The second-order valence-electron chi connectivity index (χ2n) is 4.28. The molecular formula is C18H22Cl2O2. The molecule has 0 saturated carbocycles. The molecule has 0 aliphatic carbocycles. The van der Waals surface area contributed by atoms with Gasteiger partial charge < -0.3 is 9.47 Å². The van der Waals surface area contributed by atoms with Crippen molar-refractivity contribution in [3.63, 3.8) is 0 Å². The van der Waals surface area contributed by atoms with E-state index in [9.17, 15) is 0 Å². The molecule has 0 aliphatic rings. The van der Waals surface area contributed by atoms with E-state index in [1.54, 1.807) is 14.2 Å². The highest BCUT2D eigenvalue weighted by Gasteiger charge is 1.98. The van der Waals surface area contributed by atoms with Gasteiger partial charge in [-0.2, -0.15) is 0 Å². The summed E-state index contributed by atoms with van der Waals surface area (Å²) in [5, 5.41) is 1.32. The molecule has 2 nitrogen and oxygen atoms in total. The van der Waals surface area contributed by atoms with Crippen molar-refractivity contribution in [3.8, 4) is 11.5 Å². The van der Waals surface area contributed by atoms with Gasteiger partial charge in [0.15, 0.2) is 0 Å². The average Bonchev–Trinajstić information content (AvgIpc) is 2.54. The molecule has 0 saturated heterocycles. The molecular weight excluding hydrogens is 319 g/mol. The molecule has 0 amide bonds. The van der Waals surface area contributed by atoms with Gasteiger partial charge in [-0.25, -0.2) is 0 Å². The van der Waals surface area contributed by atoms with Crippen molar-refractivity contribution >= 4 is 23.2 Å². The molecule has 2 rings (SSSR count). The van der Waals surface area contributed by atoms with Crippen LogP contribution in [0.15, 0.2) is 49.6 Å². The highest BCUT2D eigenvalue weighted by atomic mass is 35.5. The van der Waals surface area contributed by atoms with Crippen molar-refractivity contribution in [3.05, 3.63) is 70.7 Å². The van der Waals surface area contributed by atoms with E-state index >= 15 is 0 Å². The Hall–Kier alpha value is -1.64. The van der Waals surface area contributed by atoms with Crippen molar-refractivity contribution in [2.75, 3.05) is 14.2 Å². The maximum Gasteiger partial charge on any atom is 0.137 e. The van der Waals surface area contributed by atoms with Crippen LogP contribution < -0.4 is 9.47 Å². The molecule has 2 aromatic rings. The lowest BCUT2D eigenvalue weighted by molar-refractivity contribution is 0.414. The van der Waals surface area contributed by atoms with E-state index in [4.69, 9.17) is 32.7 Å². The van der Waals surface area contributed by atoms with Crippen LogP contribution in [0.1, 0.15) is 11.1 Å². The van der Waals surface area contributed by atoms with E-state index < -0.39 is 0 Å². The van der Waals surface area contributed by atoms with Crippen LogP contribution in [0.4, 0.5) is 0 Å². The van der Waals surface area contributed by atoms with Crippen LogP contribution in [-0.4, -0.2) is 14.2 Å². The Kier molecular flexibility index (Phi) is 10.2. The number of benzene rings is 2. The maximum absolute atomic E-state index is 5.77. The number of halogens is 2. The number of hydrogen-bond acceptors (Lipinski definition) is 2. The third kappa shape index (κ3) is 6.88. The minimum absolute atomic E-state index is 0.660. The van der Waals surface area contributed by atoms with E-state index in [0.717, 1.165) is 22.6 Å². The van der Waals surface area contributed by atoms with Crippen LogP contribution >= 0.6 is 23.2 Å². The molecule has 0 aromatic heterocycles. The predicted molar refractivity (Wildman–Crippen MR) is 96.7 cm³/mol. The van der Waals surface area contributed by atoms with Gasteiger partial charge in [0.05, 0.1) is 24.3 Å². The monoisotopic (exact) mass is 340 g/mol. The van der Waals surface area contributed by atoms with Crippen LogP contribution in [0, 0.1) is 13.8 Å². The van der Waals surface area contributed by atoms with E-state index in [0.29, 0.717) is 10.0 Å². The van der Waals surface area contributed by atoms with Crippen LogP contribution in [0.3, 0.4) is 0 Å². The Labute approximate surface area is 143 Å². The first-order chi connectivity index (χ1) is 10.5. The molecule has 120 valence electrons. The summed E-state index contributed by atoms with van der Waals surface area (Å²) in [7, 11) is 3.22. The van der Waals surface area contributed by atoms with Crippen molar-refractivity contribution in [2.45, 2.75) is 13.8 Å². The van der Waals surface area contributed by atoms with Gasteiger partial charge in [0.2, 0.25) is 0 Å². The van der Waals surface area contributed by atoms with Gasteiger partial charge in [0.1, 0.15) is 11.5 Å². The van der Waals surface area contributed by atoms with E-state index in [1.807, 2.05) is 50.2 Å². The molecule has 0 bridgehead atoms. The minimum Gasteiger partial charge on any atom is -0.495 e. The zero-order chi connectivity index (χ0) is 17.1. The highest BCUT2D eigenvalue weighted by Crippen LogP contribution is 2.24. The second kappa shape index (κ2) is 11.0. The van der Waals surface area contributed by atoms with Crippen molar-refractivity contribution in [1.82, 2.24) is 0 Å². The van der Waals surface area contributed by atoms with Crippen LogP contribution in [0.5, 0.6) is 11.5 Å². The summed E-state index contributed by atoms with van der Waals surface area (Å²) < 4.78 is 9.99. The standard InChI is InChI=1S/2C8H9ClO.C2H4/c2*1-6-3-4-7(9)8(5-6)10-2;1-2/h2*3-5H,1-2H3;1-2H2. The van der Waals surface area contributed by atoms with Crippen molar-refractivity contribution in [2.24, 2.45) is 0 Å². The molecule has 0 aliphatic heterocycles. The Bertz CT molecular complexity index is 532. The molecule has 0 unspecified atom stereocenters. The van der Waals surface area contributed by atoms with Crippen molar-refractivity contribution in [1.29, 1.82) is 0 Å². The molecule has 0 heterocycles. The molecule has 0 radical (unpaired) electrons. The number of aryl methyl sites for hydroxylation is 2. The zero-order valence-electron chi connectivity index (χ0n) is 13.5. The van der Waals surface area contributed by atoms with E-state index in [-0.39, 0.29) is 0 Å². The van der Waals surface area contributed by atoms with Crippen molar-refractivity contribution < 1.29 is 9.47 Å². The Balaban J connectivity index is 0.000000360. The third-order valence-electron chi connectivity index (χ3n) is 2.61. The quantitative estimate of drug-likeness (QED) is 0.613. The summed E-state index contributed by atoms with van der Waals surface area (Å²) >= 11 is 11.5. The van der Waals surface area contributed by atoms with Gasteiger partial charge in [-0.3, -0.25) is 0 Å². The van der Waals surface area contributed by atoms with Crippen LogP contribution in [0.2, 0.25) is 10.0 Å². The van der Waals surface area contributed by atoms with Crippen LogP contribution in [0.25, 0.3) is 0 Å². The summed E-state index contributed by atoms with van der Waals surface area (Å²) in [5.41, 5.74) is 2.31. The average molecular weight is 341 g/mol. The Morgan fingerprint density at radius 1 is 0.727 bits per heavy atom. The summed E-state index contributed by atoms with van der Waals surface area (Å²) in [6.45, 7) is 10.00. The summed E-state index contributed by atoms with van der Waals surface area (Å²) in [5.74, 6) is 1.48. The first-order valence-electron chi connectivity index (χ1n) is 6.58. The molecule has 4 heteroatoms. The molecule has 2 aromatic carbocycles. The zero-order valence-corrected chi connectivity index (χ0v) is 15.0.